The molecule has 0 N–H and O–H groups in total. The van der Waals surface area contributed by atoms with E-state index in [9.17, 15) is 9.18 Å². The van der Waals surface area contributed by atoms with Crippen molar-refractivity contribution in [2.45, 2.75) is 20.0 Å². The van der Waals surface area contributed by atoms with Gasteiger partial charge >= 0.3 is 0 Å². The van der Waals surface area contributed by atoms with Crippen molar-refractivity contribution in [1.29, 1.82) is 0 Å². The normalized spacial score (nSPS) is 11.2. The number of benzene rings is 3. The number of carbonyl (C=O) groups is 1. The topological polar surface area (TPSA) is 51.0 Å². The van der Waals surface area contributed by atoms with Crippen molar-refractivity contribution in [1.82, 2.24) is 19.4 Å². The lowest BCUT2D eigenvalue weighted by Crippen LogP contribution is -2.29. The molecule has 0 spiro atoms. The Kier molecular flexibility index (Phi) is 5.34. The summed E-state index contributed by atoms with van der Waals surface area (Å²) in [6.07, 6.45) is 0. The molecule has 5 rings (SSSR count). The highest BCUT2D eigenvalue weighted by Crippen LogP contribution is 2.24. The molecule has 1 amide bonds. The van der Waals surface area contributed by atoms with E-state index in [2.05, 4.69) is 9.97 Å². The van der Waals surface area contributed by atoms with Gasteiger partial charge in [0.1, 0.15) is 17.3 Å². The van der Waals surface area contributed by atoms with Gasteiger partial charge in [-0.2, -0.15) is 0 Å². The second kappa shape index (κ2) is 8.47. The van der Waals surface area contributed by atoms with Crippen LogP contribution in [0.25, 0.3) is 21.8 Å². The van der Waals surface area contributed by atoms with Crippen LogP contribution >= 0.6 is 0 Å². The predicted molar refractivity (Wildman–Crippen MR) is 128 cm³/mol. The molecular weight excluding hydrogens is 415 g/mol. The SMILES string of the molecule is Cc1nc(CN(C)C(=O)c2cc3ccccc3n2Cc2ccccc2F)nc2ccccc12. The molecule has 6 heteroatoms. The molecule has 3 aromatic carbocycles. The standard InChI is InChI=1S/C27H23FN4O/c1-18-21-11-5-7-13-23(21)30-26(29-18)17-31(2)27(33)25-15-19-9-4-8-14-24(19)32(25)16-20-10-3-6-12-22(20)28/h3-15H,16-17H2,1-2H3. The molecule has 0 saturated heterocycles. The smallest absolute Gasteiger partial charge is 0.270 e. The number of hydrogen-bond acceptors (Lipinski definition) is 3. The third-order valence-corrected chi connectivity index (χ3v) is 5.88. The van der Waals surface area contributed by atoms with E-state index in [4.69, 9.17) is 0 Å². The number of para-hydroxylation sites is 2. The average Bonchev–Trinajstić information content (AvgIpc) is 3.18. The maximum absolute atomic E-state index is 14.4. The van der Waals surface area contributed by atoms with Crippen molar-refractivity contribution >= 4 is 27.7 Å². The molecule has 0 fully saturated rings. The van der Waals surface area contributed by atoms with Gasteiger partial charge in [-0.25, -0.2) is 14.4 Å². The van der Waals surface area contributed by atoms with Gasteiger partial charge in [-0.1, -0.05) is 54.6 Å². The first-order valence-corrected chi connectivity index (χ1v) is 10.8. The van der Waals surface area contributed by atoms with Crippen LogP contribution in [-0.4, -0.2) is 32.4 Å². The van der Waals surface area contributed by atoms with E-state index in [-0.39, 0.29) is 24.8 Å². The van der Waals surface area contributed by atoms with E-state index in [0.29, 0.717) is 17.1 Å². The molecule has 0 unspecified atom stereocenters. The zero-order chi connectivity index (χ0) is 22.9. The highest BCUT2D eigenvalue weighted by Gasteiger charge is 2.21. The first-order valence-electron chi connectivity index (χ1n) is 10.8. The minimum absolute atomic E-state index is 0.169. The van der Waals surface area contributed by atoms with Gasteiger partial charge in [0.2, 0.25) is 0 Å². The maximum Gasteiger partial charge on any atom is 0.270 e. The summed E-state index contributed by atoms with van der Waals surface area (Å²) in [6, 6.07) is 24.1. The Morgan fingerprint density at radius 2 is 1.70 bits per heavy atom. The van der Waals surface area contributed by atoms with Crippen molar-refractivity contribution < 1.29 is 9.18 Å². The molecule has 5 aromatic rings. The van der Waals surface area contributed by atoms with Crippen molar-refractivity contribution in [2.24, 2.45) is 0 Å². The van der Waals surface area contributed by atoms with Crippen LogP contribution < -0.4 is 0 Å². The van der Waals surface area contributed by atoms with E-state index in [1.54, 1.807) is 30.1 Å². The van der Waals surface area contributed by atoms with Crippen molar-refractivity contribution in [2.75, 3.05) is 7.05 Å². The molecule has 0 aliphatic heterocycles. The molecular formula is C27H23FN4O. The summed E-state index contributed by atoms with van der Waals surface area (Å²) in [5.74, 6) is 0.123. The van der Waals surface area contributed by atoms with E-state index < -0.39 is 0 Å². The highest BCUT2D eigenvalue weighted by molar-refractivity contribution is 5.98. The van der Waals surface area contributed by atoms with Crippen LogP contribution in [0, 0.1) is 12.7 Å². The molecule has 5 nitrogen and oxygen atoms in total. The first-order chi connectivity index (χ1) is 16.0. The third-order valence-electron chi connectivity index (χ3n) is 5.88. The number of carbonyl (C=O) groups excluding carboxylic acids is 1. The van der Waals surface area contributed by atoms with E-state index in [1.165, 1.54) is 6.07 Å². The number of halogens is 1. The van der Waals surface area contributed by atoms with Gasteiger partial charge in [0.05, 0.1) is 18.6 Å². The molecule has 2 heterocycles. The number of aromatic nitrogens is 3. The Balaban J connectivity index is 1.50. The maximum atomic E-state index is 14.4. The van der Waals surface area contributed by atoms with Gasteiger partial charge in [-0.3, -0.25) is 4.79 Å². The van der Waals surface area contributed by atoms with Crippen LogP contribution in [0.5, 0.6) is 0 Å². The zero-order valence-corrected chi connectivity index (χ0v) is 18.5. The fourth-order valence-electron chi connectivity index (χ4n) is 4.20. The van der Waals surface area contributed by atoms with E-state index >= 15 is 0 Å². The fraction of sp³-hybridized carbons (Fsp3) is 0.148. The molecule has 0 aliphatic carbocycles. The van der Waals surface area contributed by atoms with Gasteiger partial charge in [-0.05, 0) is 31.2 Å². The van der Waals surface area contributed by atoms with Crippen LogP contribution in [0.1, 0.15) is 27.6 Å². The Bertz CT molecular complexity index is 1490. The molecule has 0 atom stereocenters. The van der Waals surface area contributed by atoms with Crippen LogP contribution in [0.2, 0.25) is 0 Å². The van der Waals surface area contributed by atoms with Crippen LogP contribution in [0.4, 0.5) is 4.39 Å². The van der Waals surface area contributed by atoms with Crippen molar-refractivity contribution in [3.63, 3.8) is 0 Å². The molecule has 0 bridgehead atoms. The molecule has 0 aliphatic rings. The molecule has 0 saturated carbocycles. The summed E-state index contributed by atoms with van der Waals surface area (Å²) in [5, 5.41) is 1.93. The van der Waals surface area contributed by atoms with Gasteiger partial charge < -0.3 is 9.47 Å². The summed E-state index contributed by atoms with van der Waals surface area (Å²) >= 11 is 0. The predicted octanol–water partition coefficient (Wildman–Crippen LogP) is 5.35. The van der Waals surface area contributed by atoms with Gasteiger partial charge in [0, 0.05) is 34.6 Å². The Labute approximate surface area is 191 Å². The van der Waals surface area contributed by atoms with Crippen molar-refractivity contribution in [3.05, 3.63) is 107 Å². The third kappa shape index (κ3) is 3.96. The van der Waals surface area contributed by atoms with Crippen LogP contribution in [0.15, 0.2) is 78.9 Å². The first kappa shape index (κ1) is 20.8. The number of aryl methyl sites for hydroxylation is 1. The molecule has 2 aromatic heterocycles. The highest BCUT2D eigenvalue weighted by atomic mass is 19.1. The lowest BCUT2D eigenvalue weighted by Gasteiger charge is -2.19. The summed E-state index contributed by atoms with van der Waals surface area (Å²) in [5.41, 5.74) is 3.65. The minimum Gasteiger partial charge on any atom is -0.333 e. The lowest BCUT2D eigenvalue weighted by atomic mass is 10.2. The molecule has 33 heavy (non-hydrogen) atoms. The van der Waals surface area contributed by atoms with Gasteiger partial charge in [0.25, 0.3) is 5.91 Å². The average molecular weight is 439 g/mol. The molecule has 0 radical (unpaired) electrons. The second-order valence-corrected chi connectivity index (χ2v) is 8.17. The number of hydrogen-bond donors (Lipinski definition) is 0. The molecule has 164 valence electrons. The van der Waals surface area contributed by atoms with Gasteiger partial charge in [-0.15, -0.1) is 0 Å². The fourth-order valence-corrected chi connectivity index (χ4v) is 4.20. The van der Waals surface area contributed by atoms with Crippen molar-refractivity contribution in [3.8, 4) is 0 Å². The number of fused-ring (bicyclic) bond motifs is 2. The van der Waals surface area contributed by atoms with Crippen LogP contribution in [-0.2, 0) is 13.1 Å². The largest absolute Gasteiger partial charge is 0.333 e. The summed E-state index contributed by atoms with van der Waals surface area (Å²) < 4.78 is 16.3. The summed E-state index contributed by atoms with van der Waals surface area (Å²) in [6.45, 7) is 2.48. The minimum atomic E-state index is -0.290. The number of nitrogens with zero attached hydrogens (tertiary/aromatic N) is 4. The Morgan fingerprint density at radius 1 is 0.970 bits per heavy atom. The summed E-state index contributed by atoms with van der Waals surface area (Å²) in [7, 11) is 1.74. The monoisotopic (exact) mass is 438 g/mol. The van der Waals surface area contributed by atoms with Gasteiger partial charge in [0.15, 0.2) is 0 Å². The van der Waals surface area contributed by atoms with E-state index in [0.717, 1.165) is 27.5 Å². The summed E-state index contributed by atoms with van der Waals surface area (Å²) in [4.78, 5) is 24.4. The number of rotatable bonds is 5. The lowest BCUT2D eigenvalue weighted by molar-refractivity contribution is 0.0771. The Morgan fingerprint density at radius 3 is 2.55 bits per heavy atom. The number of amides is 1. The van der Waals surface area contributed by atoms with Crippen LogP contribution in [0.3, 0.4) is 0 Å². The van der Waals surface area contributed by atoms with E-state index in [1.807, 2.05) is 66.1 Å². The quantitative estimate of drug-likeness (QED) is 0.372. The second-order valence-electron chi connectivity index (χ2n) is 8.17. The zero-order valence-electron chi connectivity index (χ0n) is 18.5. The Hall–Kier alpha value is -4.06.